The van der Waals surface area contributed by atoms with E-state index in [4.69, 9.17) is 0 Å². The third-order valence-electron chi connectivity index (χ3n) is 4.28. The van der Waals surface area contributed by atoms with Crippen molar-refractivity contribution < 1.29 is 0 Å². The molecule has 88 valence electrons. The van der Waals surface area contributed by atoms with E-state index in [-0.39, 0.29) is 0 Å². The maximum absolute atomic E-state index is 3.69. The molecule has 0 amide bonds. The average molecular weight is 210 g/mol. The van der Waals surface area contributed by atoms with Crippen LogP contribution in [0.4, 0.5) is 0 Å². The van der Waals surface area contributed by atoms with Gasteiger partial charge in [0.05, 0.1) is 0 Å². The van der Waals surface area contributed by atoms with Gasteiger partial charge in [0.25, 0.3) is 0 Å². The van der Waals surface area contributed by atoms with Crippen molar-refractivity contribution in [1.29, 1.82) is 0 Å². The van der Waals surface area contributed by atoms with E-state index in [9.17, 15) is 0 Å². The van der Waals surface area contributed by atoms with Gasteiger partial charge in [-0.2, -0.15) is 0 Å². The molecule has 1 heterocycles. The standard InChI is InChI=1S/C13H26N2/c1-11-8-12(4-7-15-11)9-14-10-13(2)5-3-6-13/h11-12,14-15H,3-10H2,1-2H3. The van der Waals surface area contributed by atoms with Crippen LogP contribution in [0.5, 0.6) is 0 Å². The molecule has 2 atom stereocenters. The Kier molecular flexibility index (Phi) is 3.68. The van der Waals surface area contributed by atoms with E-state index in [1.807, 2.05) is 0 Å². The smallest absolute Gasteiger partial charge is 0.00418 e. The molecule has 15 heavy (non-hydrogen) atoms. The first-order valence-electron chi connectivity index (χ1n) is 6.62. The number of rotatable bonds is 4. The molecule has 2 nitrogen and oxygen atoms in total. The van der Waals surface area contributed by atoms with Crippen LogP contribution in [-0.2, 0) is 0 Å². The minimum Gasteiger partial charge on any atom is -0.316 e. The fraction of sp³-hybridized carbons (Fsp3) is 1.00. The molecule has 2 N–H and O–H groups in total. The summed E-state index contributed by atoms with van der Waals surface area (Å²) in [4.78, 5) is 0. The van der Waals surface area contributed by atoms with Crippen LogP contribution < -0.4 is 10.6 Å². The van der Waals surface area contributed by atoms with Crippen molar-refractivity contribution in [3.8, 4) is 0 Å². The van der Waals surface area contributed by atoms with Gasteiger partial charge in [0.15, 0.2) is 0 Å². The largest absolute Gasteiger partial charge is 0.316 e. The highest BCUT2D eigenvalue weighted by molar-refractivity contribution is 4.86. The van der Waals surface area contributed by atoms with Crippen LogP contribution in [0.3, 0.4) is 0 Å². The van der Waals surface area contributed by atoms with Gasteiger partial charge in [0, 0.05) is 12.6 Å². The molecule has 0 aromatic heterocycles. The topological polar surface area (TPSA) is 24.1 Å². The minimum absolute atomic E-state index is 0.637. The van der Waals surface area contributed by atoms with Crippen molar-refractivity contribution in [3.05, 3.63) is 0 Å². The van der Waals surface area contributed by atoms with E-state index in [0.29, 0.717) is 5.41 Å². The molecule has 2 heteroatoms. The SMILES string of the molecule is CC1CC(CNCC2(C)CCC2)CCN1. The predicted molar refractivity (Wildman–Crippen MR) is 65.0 cm³/mol. The monoisotopic (exact) mass is 210 g/mol. The number of hydrogen-bond donors (Lipinski definition) is 2. The highest BCUT2D eigenvalue weighted by Gasteiger charge is 2.31. The van der Waals surface area contributed by atoms with Crippen molar-refractivity contribution in [1.82, 2.24) is 10.6 Å². The van der Waals surface area contributed by atoms with Crippen LogP contribution in [0.1, 0.15) is 46.0 Å². The van der Waals surface area contributed by atoms with Gasteiger partial charge in [0.1, 0.15) is 0 Å². The molecule has 0 aromatic rings. The second kappa shape index (κ2) is 4.84. The van der Waals surface area contributed by atoms with E-state index < -0.39 is 0 Å². The molecule has 0 bridgehead atoms. The maximum Gasteiger partial charge on any atom is 0.00418 e. The van der Waals surface area contributed by atoms with Crippen LogP contribution in [0, 0.1) is 11.3 Å². The summed E-state index contributed by atoms with van der Waals surface area (Å²) in [7, 11) is 0. The van der Waals surface area contributed by atoms with Gasteiger partial charge in [-0.1, -0.05) is 13.3 Å². The van der Waals surface area contributed by atoms with Gasteiger partial charge in [0.2, 0.25) is 0 Å². The summed E-state index contributed by atoms with van der Waals surface area (Å²) >= 11 is 0. The lowest BCUT2D eigenvalue weighted by Gasteiger charge is -2.39. The first kappa shape index (κ1) is 11.4. The molecule has 0 aromatic carbocycles. The molecule has 2 unspecified atom stereocenters. The normalized spacial score (nSPS) is 34.8. The number of hydrogen-bond acceptors (Lipinski definition) is 2. The lowest BCUT2D eigenvalue weighted by molar-refractivity contribution is 0.152. The Morgan fingerprint density at radius 3 is 2.80 bits per heavy atom. The minimum atomic E-state index is 0.637. The molecule has 1 saturated carbocycles. The molecular formula is C13H26N2. The molecule has 2 rings (SSSR count). The fourth-order valence-corrected chi connectivity index (χ4v) is 2.96. The second-order valence-corrected chi connectivity index (χ2v) is 6.04. The Labute approximate surface area is 94.2 Å². The highest BCUT2D eigenvalue weighted by atomic mass is 14.9. The van der Waals surface area contributed by atoms with E-state index >= 15 is 0 Å². The van der Waals surface area contributed by atoms with Gasteiger partial charge in [-0.25, -0.2) is 0 Å². The fourth-order valence-electron chi connectivity index (χ4n) is 2.96. The summed E-state index contributed by atoms with van der Waals surface area (Å²) in [6.45, 7) is 8.42. The number of piperidine rings is 1. The summed E-state index contributed by atoms with van der Waals surface area (Å²) in [5.74, 6) is 0.907. The quantitative estimate of drug-likeness (QED) is 0.743. The van der Waals surface area contributed by atoms with Gasteiger partial charge in [-0.3, -0.25) is 0 Å². The van der Waals surface area contributed by atoms with E-state index in [1.54, 1.807) is 0 Å². The van der Waals surface area contributed by atoms with Gasteiger partial charge >= 0.3 is 0 Å². The van der Waals surface area contributed by atoms with Crippen LogP contribution in [0.15, 0.2) is 0 Å². The Bertz CT molecular complexity index is 199. The molecule has 1 saturated heterocycles. The molecule has 0 spiro atoms. The second-order valence-electron chi connectivity index (χ2n) is 6.04. The molecular weight excluding hydrogens is 184 g/mol. The molecule has 2 fully saturated rings. The van der Waals surface area contributed by atoms with Gasteiger partial charge in [-0.05, 0) is 57.0 Å². The van der Waals surface area contributed by atoms with Crippen molar-refractivity contribution in [2.75, 3.05) is 19.6 Å². The van der Waals surface area contributed by atoms with Crippen molar-refractivity contribution >= 4 is 0 Å². The Morgan fingerprint density at radius 2 is 2.20 bits per heavy atom. The van der Waals surface area contributed by atoms with E-state index in [1.165, 1.54) is 51.7 Å². The highest BCUT2D eigenvalue weighted by Crippen LogP contribution is 2.39. The van der Waals surface area contributed by atoms with Gasteiger partial charge in [-0.15, -0.1) is 0 Å². The lowest BCUT2D eigenvalue weighted by atomic mass is 9.70. The summed E-state index contributed by atoms with van der Waals surface area (Å²) in [5.41, 5.74) is 0.637. The summed E-state index contributed by atoms with van der Waals surface area (Å²) in [6.07, 6.45) is 7.02. The third-order valence-corrected chi connectivity index (χ3v) is 4.28. The van der Waals surface area contributed by atoms with Crippen LogP contribution in [0.25, 0.3) is 0 Å². The molecule has 0 radical (unpaired) electrons. The zero-order chi connectivity index (χ0) is 10.7. The first-order chi connectivity index (χ1) is 7.18. The van der Waals surface area contributed by atoms with Crippen molar-refractivity contribution in [2.45, 2.75) is 52.0 Å². The predicted octanol–water partition coefficient (Wildman–Crippen LogP) is 2.15. The molecule has 1 aliphatic heterocycles. The van der Waals surface area contributed by atoms with E-state index in [0.717, 1.165) is 12.0 Å². The Hall–Kier alpha value is -0.0800. The summed E-state index contributed by atoms with van der Waals surface area (Å²) < 4.78 is 0. The Morgan fingerprint density at radius 1 is 1.40 bits per heavy atom. The van der Waals surface area contributed by atoms with E-state index in [2.05, 4.69) is 24.5 Å². The first-order valence-corrected chi connectivity index (χ1v) is 6.62. The zero-order valence-corrected chi connectivity index (χ0v) is 10.3. The van der Waals surface area contributed by atoms with Gasteiger partial charge < -0.3 is 10.6 Å². The Balaban J connectivity index is 1.60. The average Bonchev–Trinajstić information content (AvgIpc) is 2.15. The lowest BCUT2D eigenvalue weighted by Crippen LogP contribution is -2.42. The molecule has 2 aliphatic rings. The zero-order valence-electron chi connectivity index (χ0n) is 10.3. The molecule has 1 aliphatic carbocycles. The maximum atomic E-state index is 3.69. The summed E-state index contributed by atoms with van der Waals surface area (Å²) in [6, 6.07) is 0.727. The van der Waals surface area contributed by atoms with Crippen molar-refractivity contribution in [2.24, 2.45) is 11.3 Å². The number of nitrogens with one attached hydrogen (secondary N) is 2. The van der Waals surface area contributed by atoms with Crippen LogP contribution in [-0.4, -0.2) is 25.7 Å². The van der Waals surface area contributed by atoms with Crippen LogP contribution >= 0.6 is 0 Å². The summed E-state index contributed by atoms with van der Waals surface area (Å²) in [5, 5.41) is 7.20. The van der Waals surface area contributed by atoms with Crippen LogP contribution in [0.2, 0.25) is 0 Å². The third kappa shape index (κ3) is 3.18. The van der Waals surface area contributed by atoms with Crippen molar-refractivity contribution in [3.63, 3.8) is 0 Å².